The Balaban J connectivity index is 2.89. The van der Waals surface area contributed by atoms with Gasteiger partial charge in [0.25, 0.3) is 0 Å². The molecule has 1 nitrogen and oxygen atoms in total. The van der Waals surface area contributed by atoms with Crippen LogP contribution in [0.2, 0.25) is 0 Å². The van der Waals surface area contributed by atoms with Gasteiger partial charge in [0.05, 0.1) is 0 Å². The summed E-state index contributed by atoms with van der Waals surface area (Å²) in [6, 6.07) is 7.41. The molecule has 0 atom stereocenters. The second-order valence-corrected chi connectivity index (χ2v) is 3.25. The highest BCUT2D eigenvalue weighted by Gasteiger charge is 1.99. The number of ketones is 1. The van der Waals surface area contributed by atoms with Crippen LogP contribution in [-0.4, -0.2) is 5.78 Å². The first-order valence-corrected chi connectivity index (χ1v) is 4.74. The fraction of sp³-hybridized carbons (Fsp3) is 0.0714. The van der Waals surface area contributed by atoms with Crippen LogP contribution in [0.4, 0.5) is 0 Å². The van der Waals surface area contributed by atoms with E-state index in [2.05, 4.69) is 13.2 Å². The third-order valence-corrected chi connectivity index (χ3v) is 2.10. The molecule has 76 valence electrons. The van der Waals surface area contributed by atoms with Crippen LogP contribution in [0.3, 0.4) is 0 Å². The van der Waals surface area contributed by atoms with Gasteiger partial charge in [0.2, 0.25) is 0 Å². The SMILES string of the molecule is C=C/C=C\C(=C)c1ccc(C(C)=O)cc1. The van der Waals surface area contributed by atoms with Crippen LogP contribution in [0, 0.1) is 0 Å². The summed E-state index contributed by atoms with van der Waals surface area (Å²) in [4.78, 5) is 11.0. The van der Waals surface area contributed by atoms with Crippen molar-refractivity contribution in [3.8, 4) is 0 Å². The van der Waals surface area contributed by atoms with Crippen molar-refractivity contribution in [2.75, 3.05) is 0 Å². The zero-order valence-electron chi connectivity index (χ0n) is 8.86. The van der Waals surface area contributed by atoms with E-state index < -0.39 is 0 Å². The molecule has 0 saturated carbocycles. The zero-order valence-corrected chi connectivity index (χ0v) is 8.86. The zero-order chi connectivity index (χ0) is 11.3. The molecule has 0 aromatic heterocycles. The molecular weight excluding hydrogens is 184 g/mol. The predicted molar refractivity (Wildman–Crippen MR) is 64.8 cm³/mol. The molecule has 1 rings (SSSR count). The van der Waals surface area contributed by atoms with Gasteiger partial charge in [0.1, 0.15) is 0 Å². The normalized spacial score (nSPS) is 10.2. The van der Waals surface area contributed by atoms with Gasteiger partial charge in [-0.2, -0.15) is 0 Å². The Kier molecular flexibility index (Phi) is 3.81. The number of allylic oxidation sites excluding steroid dienone is 4. The molecule has 0 saturated heterocycles. The molecule has 0 amide bonds. The average molecular weight is 198 g/mol. The maximum absolute atomic E-state index is 11.0. The monoisotopic (exact) mass is 198 g/mol. The Labute approximate surface area is 90.4 Å². The quantitative estimate of drug-likeness (QED) is 0.533. The topological polar surface area (TPSA) is 17.1 Å². The van der Waals surface area contributed by atoms with Gasteiger partial charge in [0.15, 0.2) is 5.78 Å². The third kappa shape index (κ3) is 3.06. The van der Waals surface area contributed by atoms with Gasteiger partial charge < -0.3 is 0 Å². The van der Waals surface area contributed by atoms with Crippen LogP contribution >= 0.6 is 0 Å². The van der Waals surface area contributed by atoms with E-state index in [1.807, 2.05) is 36.4 Å². The summed E-state index contributed by atoms with van der Waals surface area (Å²) in [5.74, 6) is 0.0776. The number of benzene rings is 1. The Bertz CT molecular complexity index is 407. The van der Waals surface area contributed by atoms with E-state index in [1.165, 1.54) is 0 Å². The van der Waals surface area contributed by atoms with Crippen LogP contribution in [0.25, 0.3) is 5.57 Å². The van der Waals surface area contributed by atoms with E-state index >= 15 is 0 Å². The highest BCUT2D eigenvalue weighted by Crippen LogP contribution is 2.14. The Morgan fingerprint density at radius 2 is 1.73 bits per heavy atom. The molecule has 15 heavy (non-hydrogen) atoms. The number of carbonyl (C=O) groups excluding carboxylic acids is 1. The van der Waals surface area contributed by atoms with E-state index in [9.17, 15) is 4.79 Å². The minimum Gasteiger partial charge on any atom is -0.295 e. The molecule has 0 N–H and O–H groups in total. The van der Waals surface area contributed by atoms with Crippen molar-refractivity contribution in [1.82, 2.24) is 0 Å². The molecule has 0 unspecified atom stereocenters. The van der Waals surface area contributed by atoms with Crippen LogP contribution in [0.5, 0.6) is 0 Å². The second kappa shape index (κ2) is 5.11. The molecule has 0 aliphatic rings. The summed E-state index contributed by atoms with van der Waals surface area (Å²) in [6.45, 7) is 9.07. The van der Waals surface area contributed by atoms with Crippen molar-refractivity contribution >= 4 is 11.4 Å². The van der Waals surface area contributed by atoms with Gasteiger partial charge in [-0.05, 0) is 18.1 Å². The first kappa shape index (κ1) is 11.2. The first-order valence-electron chi connectivity index (χ1n) is 4.74. The van der Waals surface area contributed by atoms with Gasteiger partial charge in [-0.3, -0.25) is 4.79 Å². The van der Waals surface area contributed by atoms with E-state index in [1.54, 1.807) is 13.0 Å². The standard InChI is InChI=1S/C14H14O/c1-4-5-6-11(2)13-7-9-14(10-8-13)12(3)15/h4-10H,1-2H2,3H3/b6-5-. The molecule has 0 heterocycles. The van der Waals surface area contributed by atoms with Crippen molar-refractivity contribution in [3.63, 3.8) is 0 Å². The number of Topliss-reactive ketones (excluding diaryl/α,β-unsaturated/α-hetero) is 1. The van der Waals surface area contributed by atoms with Gasteiger partial charge >= 0.3 is 0 Å². The summed E-state index contributed by atoms with van der Waals surface area (Å²) in [5.41, 5.74) is 2.64. The number of hydrogen-bond donors (Lipinski definition) is 0. The summed E-state index contributed by atoms with van der Waals surface area (Å²) in [5, 5.41) is 0. The molecule has 0 fully saturated rings. The van der Waals surface area contributed by atoms with Gasteiger partial charge in [-0.15, -0.1) is 0 Å². The lowest BCUT2D eigenvalue weighted by molar-refractivity contribution is 0.101. The van der Waals surface area contributed by atoms with Crippen LogP contribution in [0.1, 0.15) is 22.8 Å². The lowest BCUT2D eigenvalue weighted by atomic mass is 10.0. The summed E-state index contributed by atoms with van der Waals surface area (Å²) in [7, 11) is 0. The largest absolute Gasteiger partial charge is 0.295 e. The molecule has 1 aromatic carbocycles. The van der Waals surface area contributed by atoms with E-state index in [-0.39, 0.29) is 5.78 Å². The molecule has 1 aromatic rings. The lowest BCUT2D eigenvalue weighted by Gasteiger charge is -2.01. The van der Waals surface area contributed by atoms with Crippen molar-refractivity contribution in [2.45, 2.75) is 6.92 Å². The average Bonchev–Trinajstić information content (AvgIpc) is 2.26. The number of carbonyl (C=O) groups is 1. The Morgan fingerprint density at radius 1 is 1.20 bits per heavy atom. The molecule has 0 aliphatic heterocycles. The first-order chi connectivity index (χ1) is 7.15. The van der Waals surface area contributed by atoms with Crippen LogP contribution in [0.15, 0.2) is 55.7 Å². The minimum atomic E-state index is 0.0776. The lowest BCUT2D eigenvalue weighted by Crippen LogP contribution is -1.91. The van der Waals surface area contributed by atoms with Crippen molar-refractivity contribution in [2.24, 2.45) is 0 Å². The molecule has 0 bridgehead atoms. The highest BCUT2D eigenvalue weighted by molar-refractivity contribution is 5.94. The van der Waals surface area contributed by atoms with Crippen LogP contribution in [-0.2, 0) is 0 Å². The maximum atomic E-state index is 11.0. The third-order valence-electron chi connectivity index (χ3n) is 2.10. The van der Waals surface area contributed by atoms with E-state index in [4.69, 9.17) is 0 Å². The van der Waals surface area contributed by atoms with Crippen molar-refractivity contribution in [3.05, 3.63) is 66.8 Å². The fourth-order valence-electron chi connectivity index (χ4n) is 1.20. The molecular formula is C14H14O. The Hall–Kier alpha value is -1.89. The smallest absolute Gasteiger partial charge is 0.159 e. The molecule has 1 heteroatoms. The molecule has 0 radical (unpaired) electrons. The summed E-state index contributed by atoms with van der Waals surface area (Å²) in [6.07, 6.45) is 5.42. The summed E-state index contributed by atoms with van der Waals surface area (Å²) < 4.78 is 0. The van der Waals surface area contributed by atoms with Gasteiger partial charge in [-0.1, -0.05) is 55.7 Å². The highest BCUT2D eigenvalue weighted by atomic mass is 16.1. The van der Waals surface area contributed by atoms with Crippen LogP contribution < -0.4 is 0 Å². The minimum absolute atomic E-state index is 0.0776. The molecule has 0 spiro atoms. The van der Waals surface area contributed by atoms with E-state index in [0.29, 0.717) is 0 Å². The molecule has 0 aliphatic carbocycles. The van der Waals surface area contributed by atoms with Gasteiger partial charge in [0, 0.05) is 5.56 Å². The maximum Gasteiger partial charge on any atom is 0.159 e. The predicted octanol–water partition coefficient (Wildman–Crippen LogP) is 3.64. The Morgan fingerprint density at radius 3 is 2.20 bits per heavy atom. The number of hydrogen-bond acceptors (Lipinski definition) is 1. The second-order valence-electron chi connectivity index (χ2n) is 3.25. The van der Waals surface area contributed by atoms with Crippen molar-refractivity contribution < 1.29 is 4.79 Å². The van der Waals surface area contributed by atoms with E-state index in [0.717, 1.165) is 16.7 Å². The van der Waals surface area contributed by atoms with Gasteiger partial charge in [-0.25, -0.2) is 0 Å². The van der Waals surface area contributed by atoms with Crippen molar-refractivity contribution in [1.29, 1.82) is 0 Å². The fourth-order valence-corrected chi connectivity index (χ4v) is 1.20. The number of rotatable bonds is 4. The summed E-state index contributed by atoms with van der Waals surface area (Å²) >= 11 is 0.